The molecule has 1 heterocycles. The number of benzene rings is 2. The lowest BCUT2D eigenvalue weighted by atomic mass is 9.80. The SMILES string of the molecule is C=NCCN1CCCC[C@@]1(CO[C@H](C)c1cc(C(F)(F)F)cc(C(F)(F)F)c1)c1ccccc1. The maximum Gasteiger partial charge on any atom is 0.416 e. The van der Waals surface area contributed by atoms with E-state index in [0.717, 1.165) is 43.5 Å². The molecular formula is C25H28F6N2O. The second-order valence-electron chi connectivity index (χ2n) is 8.58. The van der Waals surface area contributed by atoms with Crippen LogP contribution in [0.15, 0.2) is 53.5 Å². The van der Waals surface area contributed by atoms with Crippen LogP contribution in [-0.2, 0) is 22.6 Å². The lowest BCUT2D eigenvalue weighted by Crippen LogP contribution is -2.53. The first-order valence-electron chi connectivity index (χ1n) is 11.1. The van der Waals surface area contributed by atoms with E-state index >= 15 is 0 Å². The Labute approximate surface area is 195 Å². The Morgan fingerprint density at radius 2 is 1.62 bits per heavy atom. The van der Waals surface area contributed by atoms with Gasteiger partial charge in [0.25, 0.3) is 0 Å². The molecule has 3 nitrogen and oxygen atoms in total. The Kier molecular flexibility index (Phi) is 8.08. The molecule has 0 spiro atoms. The van der Waals surface area contributed by atoms with Gasteiger partial charge in [-0.05, 0) is 68.8 Å². The van der Waals surface area contributed by atoms with Crippen molar-refractivity contribution < 1.29 is 31.1 Å². The first kappa shape index (κ1) is 26.2. The van der Waals surface area contributed by atoms with E-state index in [4.69, 9.17) is 4.74 Å². The summed E-state index contributed by atoms with van der Waals surface area (Å²) < 4.78 is 85.8. The van der Waals surface area contributed by atoms with Gasteiger partial charge in [-0.2, -0.15) is 26.3 Å². The van der Waals surface area contributed by atoms with Crippen LogP contribution in [0.5, 0.6) is 0 Å². The van der Waals surface area contributed by atoms with Crippen LogP contribution in [0.1, 0.15) is 54.5 Å². The number of piperidine rings is 1. The second-order valence-corrected chi connectivity index (χ2v) is 8.58. The fourth-order valence-corrected chi connectivity index (χ4v) is 4.50. The maximum absolute atomic E-state index is 13.3. The van der Waals surface area contributed by atoms with Gasteiger partial charge in [-0.25, -0.2) is 0 Å². The van der Waals surface area contributed by atoms with Gasteiger partial charge in [0.2, 0.25) is 0 Å². The minimum absolute atomic E-state index is 0.118. The molecule has 1 aliphatic rings. The highest BCUT2D eigenvalue weighted by Gasteiger charge is 2.41. The van der Waals surface area contributed by atoms with E-state index in [1.165, 1.54) is 6.92 Å². The van der Waals surface area contributed by atoms with E-state index in [0.29, 0.717) is 13.1 Å². The highest BCUT2D eigenvalue weighted by atomic mass is 19.4. The molecule has 3 rings (SSSR count). The summed E-state index contributed by atoms with van der Waals surface area (Å²) in [6.45, 7) is 7.05. The third-order valence-electron chi connectivity index (χ3n) is 6.36. The monoisotopic (exact) mass is 486 g/mol. The van der Waals surface area contributed by atoms with E-state index in [1.807, 2.05) is 30.3 Å². The highest BCUT2D eigenvalue weighted by molar-refractivity contribution is 5.35. The summed E-state index contributed by atoms with van der Waals surface area (Å²) in [6.07, 6.45) is -8.14. The zero-order chi connectivity index (χ0) is 25.0. The molecule has 186 valence electrons. The topological polar surface area (TPSA) is 24.8 Å². The number of hydrogen-bond acceptors (Lipinski definition) is 3. The number of rotatable bonds is 8. The summed E-state index contributed by atoms with van der Waals surface area (Å²) in [5.41, 5.74) is -2.43. The summed E-state index contributed by atoms with van der Waals surface area (Å²) in [6, 6.07) is 11.2. The fraction of sp³-hybridized carbons (Fsp3) is 0.480. The van der Waals surface area contributed by atoms with Crippen LogP contribution >= 0.6 is 0 Å². The van der Waals surface area contributed by atoms with Crippen LogP contribution in [0, 0.1) is 0 Å². The van der Waals surface area contributed by atoms with Crippen molar-refractivity contribution in [2.45, 2.75) is 50.2 Å². The number of likely N-dealkylation sites (tertiary alicyclic amines) is 1. The smallest absolute Gasteiger partial charge is 0.372 e. The van der Waals surface area contributed by atoms with Gasteiger partial charge in [0.05, 0.1) is 35.9 Å². The van der Waals surface area contributed by atoms with Gasteiger partial charge in [0, 0.05) is 6.54 Å². The Bertz CT molecular complexity index is 928. The van der Waals surface area contributed by atoms with Crippen LogP contribution in [0.25, 0.3) is 0 Å². The third kappa shape index (κ3) is 5.99. The fourth-order valence-electron chi connectivity index (χ4n) is 4.50. The molecule has 0 aromatic heterocycles. The van der Waals surface area contributed by atoms with Gasteiger partial charge in [-0.15, -0.1) is 0 Å². The molecule has 0 aliphatic carbocycles. The Morgan fingerprint density at radius 3 is 2.18 bits per heavy atom. The standard InChI is InChI=1S/C25H28F6N2O/c1-18(19-14-21(24(26,27)28)16-22(15-19)25(29,30)31)34-17-23(20-8-4-3-5-9-20)10-6-7-12-33(23)13-11-32-2/h3-5,8-9,14-16,18H,2,6-7,10-13,17H2,1H3/t18-,23-/m1/s1. The van der Waals surface area contributed by atoms with E-state index in [-0.39, 0.29) is 18.2 Å². The number of ether oxygens (including phenoxy) is 1. The molecule has 2 aromatic rings. The number of hydrogen-bond donors (Lipinski definition) is 0. The summed E-state index contributed by atoms with van der Waals surface area (Å²) in [5, 5.41) is 0. The molecule has 0 bridgehead atoms. The quantitative estimate of drug-likeness (QED) is 0.300. The highest BCUT2D eigenvalue weighted by Crippen LogP contribution is 2.41. The van der Waals surface area contributed by atoms with Crippen molar-refractivity contribution in [2.24, 2.45) is 4.99 Å². The van der Waals surface area contributed by atoms with E-state index in [1.54, 1.807) is 0 Å². The van der Waals surface area contributed by atoms with Gasteiger partial charge >= 0.3 is 12.4 Å². The summed E-state index contributed by atoms with van der Waals surface area (Å²) in [5.74, 6) is 0. The minimum Gasteiger partial charge on any atom is -0.372 e. The molecule has 2 atom stereocenters. The third-order valence-corrected chi connectivity index (χ3v) is 6.36. The molecule has 0 amide bonds. The number of halogens is 6. The Balaban J connectivity index is 1.93. The molecule has 0 saturated carbocycles. The lowest BCUT2D eigenvalue weighted by Gasteiger charge is -2.48. The molecule has 1 saturated heterocycles. The first-order valence-corrected chi connectivity index (χ1v) is 11.1. The van der Waals surface area contributed by atoms with Crippen LogP contribution in [0.4, 0.5) is 26.3 Å². The van der Waals surface area contributed by atoms with E-state index in [9.17, 15) is 26.3 Å². The zero-order valence-electron chi connectivity index (χ0n) is 18.9. The second kappa shape index (κ2) is 10.5. The molecule has 1 fully saturated rings. The van der Waals surface area contributed by atoms with Crippen molar-refractivity contribution in [2.75, 3.05) is 26.2 Å². The predicted molar refractivity (Wildman–Crippen MR) is 119 cm³/mol. The van der Waals surface area contributed by atoms with Crippen LogP contribution in [0.2, 0.25) is 0 Å². The summed E-state index contributed by atoms with van der Waals surface area (Å²) >= 11 is 0. The molecule has 2 aromatic carbocycles. The Hall–Kier alpha value is -2.39. The van der Waals surface area contributed by atoms with Gasteiger partial charge < -0.3 is 4.74 Å². The summed E-state index contributed by atoms with van der Waals surface area (Å²) in [4.78, 5) is 6.19. The summed E-state index contributed by atoms with van der Waals surface area (Å²) in [7, 11) is 0. The largest absolute Gasteiger partial charge is 0.416 e. The molecular weight excluding hydrogens is 458 g/mol. The van der Waals surface area contributed by atoms with Crippen molar-refractivity contribution in [1.82, 2.24) is 4.90 Å². The van der Waals surface area contributed by atoms with Crippen molar-refractivity contribution in [1.29, 1.82) is 0 Å². The van der Waals surface area contributed by atoms with Gasteiger partial charge in [0.15, 0.2) is 0 Å². The molecule has 1 aliphatic heterocycles. The van der Waals surface area contributed by atoms with Crippen molar-refractivity contribution in [3.8, 4) is 0 Å². The minimum atomic E-state index is -4.90. The first-order chi connectivity index (χ1) is 16.0. The maximum atomic E-state index is 13.3. The Morgan fingerprint density at radius 1 is 1.00 bits per heavy atom. The molecule has 0 unspecified atom stereocenters. The number of nitrogens with zero attached hydrogens (tertiary/aromatic N) is 2. The van der Waals surface area contributed by atoms with Gasteiger partial charge in [-0.1, -0.05) is 30.3 Å². The predicted octanol–water partition coefficient (Wildman–Crippen LogP) is 6.88. The molecule has 0 radical (unpaired) electrons. The van der Waals surface area contributed by atoms with Crippen molar-refractivity contribution in [3.05, 3.63) is 70.8 Å². The average Bonchev–Trinajstić information content (AvgIpc) is 2.81. The molecule has 9 heteroatoms. The van der Waals surface area contributed by atoms with Crippen LogP contribution < -0.4 is 0 Å². The van der Waals surface area contributed by atoms with E-state index in [2.05, 4.69) is 16.6 Å². The normalized spacial score (nSPS) is 20.8. The van der Waals surface area contributed by atoms with Crippen LogP contribution in [-0.4, -0.2) is 37.9 Å². The number of aliphatic imine (C=N–C) groups is 1. The van der Waals surface area contributed by atoms with E-state index < -0.39 is 35.1 Å². The van der Waals surface area contributed by atoms with Crippen molar-refractivity contribution in [3.63, 3.8) is 0 Å². The zero-order valence-corrected chi connectivity index (χ0v) is 18.9. The molecule has 34 heavy (non-hydrogen) atoms. The lowest BCUT2D eigenvalue weighted by molar-refractivity contribution is -0.143. The average molecular weight is 487 g/mol. The molecule has 0 N–H and O–H groups in total. The number of alkyl halides is 6. The van der Waals surface area contributed by atoms with Crippen molar-refractivity contribution >= 4 is 6.72 Å². The van der Waals surface area contributed by atoms with Gasteiger partial charge in [-0.3, -0.25) is 9.89 Å². The van der Waals surface area contributed by atoms with Gasteiger partial charge in [0.1, 0.15) is 0 Å². The van der Waals surface area contributed by atoms with Crippen LogP contribution in [0.3, 0.4) is 0 Å².